The molecular formula is C11H14F2N2O. The first-order valence-corrected chi connectivity index (χ1v) is 4.82. The number of halogens is 2. The number of nitrogen functional groups attached to an aromatic ring is 1. The van der Waals surface area contributed by atoms with Crippen LogP contribution in [0.25, 0.3) is 0 Å². The second-order valence-electron chi connectivity index (χ2n) is 3.80. The average molecular weight is 228 g/mol. The minimum atomic E-state index is -2.49. The van der Waals surface area contributed by atoms with Gasteiger partial charge < -0.3 is 11.5 Å². The van der Waals surface area contributed by atoms with E-state index in [-0.39, 0.29) is 12.3 Å². The summed E-state index contributed by atoms with van der Waals surface area (Å²) in [6, 6.07) is 6.72. The molecule has 16 heavy (non-hydrogen) atoms. The summed E-state index contributed by atoms with van der Waals surface area (Å²) in [5.74, 6) is -3.42. The maximum absolute atomic E-state index is 12.6. The van der Waals surface area contributed by atoms with E-state index in [0.29, 0.717) is 11.3 Å². The fraction of sp³-hybridized carbons (Fsp3) is 0.364. The maximum atomic E-state index is 12.6. The van der Waals surface area contributed by atoms with Crippen LogP contribution in [-0.2, 0) is 4.79 Å². The van der Waals surface area contributed by atoms with E-state index in [1.54, 1.807) is 24.3 Å². The molecule has 1 fully saturated rings. The van der Waals surface area contributed by atoms with Gasteiger partial charge in [0.1, 0.15) is 0 Å². The van der Waals surface area contributed by atoms with Gasteiger partial charge in [-0.3, -0.25) is 4.79 Å². The smallest absolute Gasteiger partial charge is 0.255 e. The van der Waals surface area contributed by atoms with Gasteiger partial charge in [0.15, 0.2) is 0 Å². The molecule has 5 heteroatoms. The fourth-order valence-electron chi connectivity index (χ4n) is 1.35. The number of hydrogen-bond acceptors (Lipinski definition) is 2. The first-order valence-electron chi connectivity index (χ1n) is 4.82. The highest BCUT2D eigenvalue weighted by molar-refractivity contribution is 5.70. The Labute approximate surface area is 92.4 Å². The maximum Gasteiger partial charge on any atom is 0.255 e. The van der Waals surface area contributed by atoms with Crippen LogP contribution in [0.3, 0.4) is 0 Å². The molecular weight excluding hydrogens is 214 g/mol. The fourth-order valence-corrected chi connectivity index (χ4v) is 1.35. The molecule has 0 spiro atoms. The van der Waals surface area contributed by atoms with Gasteiger partial charge in [0.05, 0.1) is 5.92 Å². The Kier molecular flexibility index (Phi) is 3.47. The Morgan fingerprint density at radius 2 is 2.00 bits per heavy atom. The van der Waals surface area contributed by atoms with Gasteiger partial charge in [-0.2, -0.15) is 0 Å². The van der Waals surface area contributed by atoms with Crippen LogP contribution < -0.4 is 11.5 Å². The molecule has 1 aliphatic rings. The van der Waals surface area contributed by atoms with Crippen LogP contribution in [0.5, 0.6) is 0 Å². The van der Waals surface area contributed by atoms with Gasteiger partial charge in [0, 0.05) is 19.0 Å². The van der Waals surface area contributed by atoms with E-state index in [1.807, 2.05) is 0 Å². The van der Waals surface area contributed by atoms with E-state index in [0.717, 1.165) is 0 Å². The number of alkyl halides is 2. The second-order valence-corrected chi connectivity index (χ2v) is 3.80. The van der Waals surface area contributed by atoms with Crippen molar-refractivity contribution < 1.29 is 13.6 Å². The summed E-state index contributed by atoms with van der Waals surface area (Å²) in [5.41, 5.74) is 11.1. The second kappa shape index (κ2) is 4.47. The van der Waals surface area contributed by atoms with Crippen molar-refractivity contribution in [1.29, 1.82) is 0 Å². The van der Waals surface area contributed by atoms with Gasteiger partial charge >= 0.3 is 0 Å². The highest BCUT2D eigenvalue weighted by Crippen LogP contribution is 2.55. The Morgan fingerprint density at radius 1 is 1.50 bits per heavy atom. The van der Waals surface area contributed by atoms with Crippen molar-refractivity contribution in [3.8, 4) is 0 Å². The first kappa shape index (κ1) is 12.4. The number of anilines is 1. The van der Waals surface area contributed by atoms with Crippen molar-refractivity contribution in [3.05, 3.63) is 29.8 Å². The van der Waals surface area contributed by atoms with Gasteiger partial charge in [-0.25, -0.2) is 8.78 Å². The highest BCUT2D eigenvalue weighted by Gasteiger charge is 2.57. The minimum absolute atomic E-state index is 0.0313. The number of primary amides is 1. The Morgan fingerprint density at radius 3 is 2.38 bits per heavy atom. The van der Waals surface area contributed by atoms with Gasteiger partial charge in [-0.15, -0.1) is 0 Å². The first-order chi connectivity index (χ1) is 7.33. The lowest BCUT2D eigenvalue weighted by atomic mass is 10.1. The molecule has 3 nitrogen and oxygen atoms in total. The molecule has 0 aromatic heterocycles. The summed E-state index contributed by atoms with van der Waals surface area (Å²) in [5, 5.41) is 0. The van der Waals surface area contributed by atoms with Crippen LogP contribution in [0, 0.1) is 0 Å². The largest absolute Gasteiger partial charge is 0.399 e. The van der Waals surface area contributed by atoms with E-state index in [9.17, 15) is 13.6 Å². The number of rotatable bonds is 1. The molecule has 1 aliphatic carbocycles. The monoisotopic (exact) mass is 228 g/mol. The van der Waals surface area contributed by atoms with Crippen molar-refractivity contribution in [2.24, 2.45) is 5.73 Å². The van der Waals surface area contributed by atoms with E-state index < -0.39 is 11.8 Å². The van der Waals surface area contributed by atoms with Gasteiger partial charge in [0.2, 0.25) is 5.91 Å². The molecule has 1 aromatic carbocycles. The van der Waals surface area contributed by atoms with Gasteiger partial charge in [-0.05, 0) is 17.7 Å². The lowest BCUT2D eigenvalue weighted by molar-refractivity contribution is -0.115. The molecule has 1 saturated carbocycles. The molecule has 0 heterocycles. The quantitative estimate of drug-likeness (QED) is 0.720. The van der Waals surface area contributed by atoms with Crippen molar-refractivity contribution >= 4 is 11.6 Å². The van der Waals surface area contributed by atoms with E-state index >= 15 is 0 Å². The van der Waals surface area contributed by atoms with Crippen LogP contribution in [0.2, 0.25) is 0 Å². The summed E-state index contributed by atoms with van der Waals surface area (Å²) >= 11 is 0. The predicted molar refractivity (Wildman–Crippen MR) is 58.0 cm³/mol. The van der Waals surface area contributed by atoms with Crippen LogP contribution in [0.15, 0.2) is 24.3 Å². The molecule has 4 N–H and O–H groups in total. The number of hydrogen-bond donors (Lipinski definition) is 2. The van der Waals surface area contributed by atoms with E-state index in [1.165, 1.54) is 6.92 Å². The molecule has 0 bridgehead atoms. The van der Waals surface area contributed by atoms with E-state index in [2.05, 4.69) is 5.73 Å². The van der Waals surface area contributed by atoms with Crippen LogP contribution in [-0.4, -0.2) is 11.8 Å². The number of benzene rings is 1. The number of carbonyl (C=O) groups is 1. The standard InChI is InChI=1S/C9H9F2N.C2H5NO/c10-9(11)5-8(9)6-2-1-3-7(12)4-6;1-2(3)4/h1-4,8H,5,12H2;1H3,(H2,3,4). The zero-order valence-corrected chi connectivity index (χ0v) is 8.91. The average Bonchev–Trinajstić information content (AvgIpc) is 2.74. The third-order valence-corrected chi connectivity index (χ3v) is 2.14. The van der Waals surface area contributed by atoms with Crippen molar-refractivity contribution in [2.45, 2.75) is 25.2 Å². The number of carbonyl (C=O) groups excluding carboxylic acids is 1. The lowest BCUT2D eigenvalue weighted by Crippen LogP contribution is -2.01. The molecule has 1 atom stereocenters. The van der Waals surface area contributed by atoms with Crippen molar-refractivity contribution in [1.82, 2.24) is 0 Å². The van der Waals surface area contributed by atoms with Crippen LogP contribution in [0.4, 0.5) is 14.5 Å². The minimum Gasteiger partial charge on any atom is -0.399 e. The summed E-state index contributed by atoms with van der Waals surface area (Å²) in [6.45, 7) is 1.31. The summed E-state index contributed by atoms with van der Waals surface area (Å²) in [6.07, 6.45) is -0.0313. The normalized spacial score (nSPS) is 20.6. The number of nitrogens with two attached hydrogens (primary N) is 2. The molecule has 0 saturated heterocycles. The molecule has 88 valence electrons. The van der Waals surface area contributed by atoms with Gasteiger partial charge in [-0.1, -0.05) is 12.1 Å². The molecule has 0 radical (unpaired) electrons. The summed E-state index contributed by atoms with van der Waals surface area (Å²) in [4.78, 5) is 9.22. The summed E-state index contributed by atoms with van der Waals surface area (Å²) < 4.78 is 25.1. The summed E-state index contributed by atoms with van der Waals surface area (Å²) in [7, 11) is 0. The Balaban J connectivity index is 0.000000280. The third-order valence-electron chi connectivity index (χ3n) is 2.14. The predicted octanol–water partition coefficient (Wildman–Crippen LogP) is 1.88. The van der Waals surface area contributed by atoms with Crippen LogP contribution >= 0.6 is 0 Å². The SMILES string of the molecule is CC(N)=O.Nc1cccc(C2CC2(F)F)c1. The van der Waals surface area contributed by atoms with Crippen molar-refractivity contribution in [2.75, 3.05) is 5.73 Å². The molecule has 1 aromatic rings. The lowest BCUT2D eigenvalue weighted by Gasteiger charge is -1.99. The zero-order chi connectivity index (χ0) is 12.3. The Bertz CT molecular complexity index is 389. The Hall–Kier alpha value is -1.65. The molecule has 2 rings (SSSR count). The number of amides is 1. The van der Waals surface area contributed by atoms with Gasteiger partial charge in [0.25, 0.3) is 5.92 Å². The molecule has 1 amide bonds. The van der Waals surface area contributed by atoms with Crippen LogP contribution in [0.1, 0.15) is 24.8 Å². The zero-order valence-electron chi connectivity index (χ0n) is 8.91. The third kappa shape index (κ3) is 3.49. The van der Waals surface area contributed by atoms with E-state index in [4.69, 9.17) is 5.73 Å². The molecule has 1 unspecified atom stereocenters. The topological polar surface area (TPSA) is 69.1 Å². The molecule has 0 aliphatic heterocycles. The highest BCUT2D eigenvalue weighted by atomic mass is 19.3. The van der Waals surface area contributed by atoms with Crippen molar-refractivity contribution in [3.63, 3.8) is 0 Å².